The van der Waals surface area contributed by atoms with Crippen LogP contribution in [0.5, 0.6) is 0 Å². The quantitative estimate of drug-likeness (QED) is 0.657. The molecule has 0 aliphatic carbocycles. The van der Waals surface area contributed by atoms with Crippen LogP contribution in [-0.4, -0.2) is 11.0 Å². The first-order valence-electron chi connectivity index (χ1n) is 7.06. The maximum Gasteiger partial charge on any atom is 0.358 e. The minimum atomic E-state index is -0.510. The van der Waals surface area contributed by atoms with E-state index < -0.39 is 5.97 Å². The number of carbonyl (C=O) groups is 1. The van der Waals surface area contributed by atoms with Crippen molar-refractivity contribution in [3.05, 3.63) is 76.5 Å². The molecule has 0 fully saturated rings. The van der Waals surface area contributed by atoms with Crippen molar-refractivity contribution in [1.82, 2.24) is 4.98 Å². The van der Waals surface area contributed by atoms with Crippen LogP contribution in [0.15, 0.2) is 53.9 Å². The molecule has 0 bridgehead atoms. The summed E-state index contributed by atoms with van der Waals surface area (Å²) >= 11 is 1.39. The molecule has 23 heavy (non-hydrogen) atoms. The summed E-state index contributed by atoms with van der Waals surface area (Å²) in [6, 6.07) is 13.9. The molecule has 0 aliphatic heterocycles. The molecule has 0 atom stereocenters. The summed E-state index contributed by atoms with van der Waals surface area (Å²) < 4.78 is 18.3. The number of thiazole rings is 1. The first kappa shape index (κ1) is 15.4. The van der Waals surface area contributed by atoms with E-state index in [2.05, 4.69) is 4.98 Å². The highest BCUT2D eigenvalue weighted by Crippen LogP contribution is 2.24. The molecular formula is C18H14FNO2S. The lowest BCUT2D eigenvalue weighted by molar-refractivity contribution is 0.0466. The van der Waals surface area contributed by atoms with Crippen LogP contribution in [-0.2, 0) is 11.3 Å². The normalized spacial score (nSPS) is 10.5. The fourth-order valence-corrected chi connectivity index (χ4v) is 2.84. The number of rotatable bonds is 4. The summed E-state index contributed by atoms with van der Waals surface area (Å²) in [5.74, 6) is -0.863. The van der Waals surface area contributed by atoms with Crippen LogP contribution in [0.25, 0.3) is 10.6 Å². The van der Waals surface area contributed by atoms with Crippen LogP contribution in [0.2, 0.25) is 0 Å². The van der Waals surface area contributed by atoms with Crippen molar-refractivity contribution in [3.63, 3.8) is 0 Å². The lowest BCUT2D eigenvalue weighted by Crippen LogP contribution is -2.05. The van der Waals surface area contributed by atoms with E-state index in [1.807, 2.05) is 31.2 Å². The van der Waals surface area contributed by atoms with Gasteiger partial charge in [-0.15, -0.1) is 11.3 Å². The van der Waals surface area contributed by atoms with Crippen molar-refractivity contribution in [2.45, 2.75) is 13.5 Å². The van der Waals surface area contributed by atoms with Crippen molar-refractivity contribution in [2.75, 3.05) is 0 Å². The topological polar surface area (TPSA) is 39.2 Å². The molecule has 5 heteroatoms. The van der Waals surface area contributed by atoms with Gasteiger partial charge in [-0.3, -0.25) is 0 Å². The maximum atomic E-state index is 13.1. The van der Waals surface area contributed by atoms with Gasteiger partial charge in [-0.2, -0.15) is 0 Å². The Hall–Kier alpha value is -2.53. The first-order valence-corrected chi connectivity index (χ1v) is 7.94. The molecule has 3 aromatic rings. The molecule has 116 valence electrons. The average Bonchev–Trinajstić information content (AvgIpc) is 3.03. The smallest absolute Gasteiger partial charge is 0.358 e. The number of aryl methyl sites for hydroxylation is 1. The number of hydrogen-bond donors (Lipinski definition) is 0. The molecule has 0 unspecified atom stereocenters. The van der Waals surface area contributed by atoms with Crippen molar-refractivity contribution in [3.8, 4) is 10.6 Å². The van der Waals surface area contributed by atoms with Gasteiger partial charge in [-0.1, -0.05) is 42.0 Å². The molecule has 0 aliphatic rings. The number of nitrogens with zero attached hydrogens (tertiary/aromatic N) is 1. The number of carbonyl (C=O) groups excluding carboxylic acids is 1. The van der Waals surface area contributed by atoms with E-state index >= 15 is 0 Å². The van der Waals surface area contributed by atoms with Crippen LogP contribution >= 0.6 is 11.3 Å². The molecule has 0 radical (unpaired) electrons. The van der Waals surface area contributed by atoms with Gasteiger partial charge in [0, 0.05) is 10.9 Å². The molecule has 0 saturated carbocycles. The number of halogens is 1. The number of aromatic nitrogens is 1. The Bertz CT molecular complexity index is 827. The Balaban J connectivity index is 1.67. The highest BCUT2D eigenvalue weighted by Gasteiger charge is 2.13. The SMILES string of the molecule is Cc1ccc(-c2nc(C(=O)OCc3cccc(F)c3)cs2)cc1. The largest absolute Gasteiger partial charge is 0.456 e. The molecule has 3 rings (SSSR count). The average molecular weight is 327 g/mol. The summed E-state index contributed by atoms with van der Waals surface area (Å²) in [6.07, 6.45) is 0. The molecule has 0 amide bonds. The van der Waals surface area contributed by atoms with E-state index in [4.69, 9.17) is 4.74 Å². The lowest BCUT2D eigenvalue weighted by atomic mass is 10.2. The number of benzene rings is 2. The fraction of sp³-hybridized carbons (Fsp3) is 0.111. The summed E-state index contributed by atoms with van der Waals surface area (Å²) in [5, 5.41) is 2.44. The van der Waals surface area contributed by atoms with Crippen molar-refractivity contribution in [1.29, 1.82) is 0 Å². The molecule has 0 N–H and O–H groups in total. The van der Waals surface area contributed by atoms with Crippen molar-refractivity contribution >= 4 is 17.3 Å². The van der Waals surface area contributed by atoms with E-state index in [0.717, 1.165) is 10.6 Å². The first-order chi connectivity index (χ1) is 11.1. The Morgan fingerprint density at radius 2 is 2.00 bits per heavy atom. The predicted octanol–water partition coefficient (Wildman–Crippen LogP) is 4.61. The summed E-state index contributed by atoms with van der Waals surface area (Å²) in [7, 11) is 0. The van der Waals surface area contributed by atoms with Gasteiger partial charge in [0.05, 0.1) is 0 Å². The second kappa shape index (κ2) is 6.71. The Kier molecular flexibility index (Phi) is 4.48. The van der Waals surface area contributed by atoms with E-state index in [-0.39, 0.29) is 18.1 Å². The van der Waals surface area contributed by atoms with E-state index in [9.17, 15) is 9.18 Å². The maximum absolute atomic E-state index is 13.1. The second-order valence-corrected chi connectivity index (χ2v) is 5.97. The Labute approximate surface area is 137 Å². The second-order valence-electron chi connectivity index (χ2n) is 5.11. The number of ether oxygens (including phenoxy) is 1. The van der Waals surface area contributed by atoms with Gasteiger partial charge in [-0.25, -0.2) is 14.2 Å². The summed E-state index contributed by atoms with van der Waals surface area (Å²) in [5.41, 5.74) is 3.00. The zero-order valence-electron chi connectivity index (χ0n) is 12.5. The highest BCUT2D eigenvalue weighted by molar-refractivity contribution is 7.13. The van der Waals surface area contributed by atoms with Gasteiger partial charge in [0.25, 0.3) is 0 Å². The van der Waals surface area contributed by atoms with Gasteiger partial charge in [-0.05, 0) is 24.6 Å². The van der Waals surface area contributed by atoms with E-state index in [1.165, 1.54) is 29.0 Å². The minimum absolute atomic E-state index is 0.0218. The third-order valence-corrected chi connectivity index (χ3v) is 4.16. The highest BCUT2D eigenvalue weighted by atomic mass is 32.1. The van der Waals surface area contributed by atoms with Gasteiger partial charge >= 0.3 is 5.97 Å². The van der Waals surface area contributed by atoms with Gasteiger partial charge in [0.2, 0.25) is 0 Å². The molecule has 1 aromatic heterocycles. The Morgan fingerprint density at radius 1 is 1.22 bits per heavy atom. The zero-order chi connectivity index (χ0) is 16.2. The predicted molar refractivity (Wildman–Crippen MR) is 87.8 cm³/mol. The number of esters is 1. The third-order valence-electron chi connectivity index (χ3n) is 3.27. The van der Waals surface area contributed by atoms with Crippen LogP contribution in [0.4, 0.5) is 4.39 Å². The number of hydrogen-bond acceptors (Lipinski definition) is 4. The molecule has 2 aromatic carbocycles. The third kappa shape index (κ3) is 3.81. The molecule has 3 nitrogen and oxygen atoms in total. The van der Waals surface area contributed by atoms with Gasteiger partial charge < -0.3 is 4.74 Å². The van der Waals surface area contributed by atoms with Crippen LogP contribution in [0.3, 0.4) is 0 Å². The lowest BCUT2D eigenvalue weighted by Gasteiger charge is -2.03. The zero-order valence-corrected chi connectivity index (χ0v) is 13.3. The van der Waals surface area contributed by atoms with E-state index in [1.54, 1.807) is 17.5 Å². The van der Waals surface area contributed by atoms with Gasteiger partial charge in [0.1, 0.15) is 17.4 Å². The van der Waals surface area contributed by atoms with Crippen LogP contribution in [0, 0.1) is 12.7 Å². The van der Waals surface area contributed by atoms with Crippen LogP contribution in [0.1, 0.15) is 21.6 Å². The Morgan fingerprint density at radius 3 is 2.74 bits per heavy atom. The van der Waals surface area contributed by atoms with Crippen molar-refractivity contribution < 1.29 is 13.9 Å². The summed E-state index contributed by atoms with van der Waals surface area (Å²) in [4.78, 5) is 16.3. The van der Waals surface area contributed by atoms with Crippen molar-refractivity contribution in [2.24, 2.45) is 0 Å². The van der Waals surface area contributed by atoms with E-state index in [0.29, 0.717) is 5.56 Å². The molecule has 1 heterocycles. The minimum Gasteiger partial charge on any atom is -0.456 e. The molecular weight excluding hydrogens is 313 g/mol. The monoisotopic (exact) mass is 327 g/mol. The van der Waals surface area contributed by atoms with Gasteiger partial charge in [0.15, 0.2) is 5.69 Å². The standard InChI is InChI=1S/C18H14FNO2S/c1-12-5-7-14(8-6-12)17-20-16(11-23-17)18(21)22-10-13-3-2-4-15(19)9-13/h2-9,11H,10H2,1H3. The summed E-state index contributed by atoms with van der Waals surface area (Å²) in [6.45, 7) is 2.04. The fourth-order valence-electron chi connectivity index (χ4n) is 2.05. The molecule has 0 spiro atoms. The molecule has 0 saturated heterocycles. The van der Waals surface area contributed by atoms with Crippen LogP contribution < -0.4 is 0 Å².